The average Bonchev–Trinajstić information content (AvgIpc) is 2.25. The molecule has 0 aliphatic heterocycles. The summed E-state index contributed by atoms with van der Waals surface area (Å²) in [6.45, 7) is 2.23. The van der Waals surface area contributed by atoms with Crippen LogP contribution in [0.5, 0.6) is 5.75 Å². The molecule has 1 aromatic rings. The summed E-state index contributed by atoms with van der Waals surface area (Å²) < 4.78 is 5.27. The molecule has 0 aliphatic carbocycles. The quantitative estimate of drug-likeness (QED) is 0.624. The molecule has 0 bridgehead atoms. The molecule has 0 spiro atoms. The van der Waals surface area contributed by atoms with Crippen molar-refractivity contribution in [3.05, 3.63) is 29.8 Å². The highest BCUT2D eigenvalue weighted by molar-refractivity contribution is 5.32. The first-order valence-electron chi connectivity index (χ1n) is 5.41. The van der Waals surface area contributed by atoms with E-state index in [0.29, 0.717) is 0 Å². The Hall–Kier alpha value is -0.980. The average molecular weight is 191 g/mol. The summed E-state index contributed by atoms with van der Waals surface area (Å²) >= 11 is 0. The second-order valence-corrected chi connectivity index (χ2v) is 3.55. The van der Waals surface area contributed by atoms with Crippen molar-refractivity contribution in [2.45, 2.75) is 39.0 Å². The van der Waals surface area contributed by atoms with Gasteiger partial charge in [-0.25, -0.2) is 0 Å². The fourth-order valence-electron chi connectivity index (χ4n) is 1.59. The van der Waals surface area contributed by atoms with Crippen molar-refractivity contribution in [2.75, 3.05) is 7.11 Å². The highest BCUT2D eigenvalue weighted by Crippen LogP contribution is 2.19. The summed E-state index contributed by atoms with van der Waals surface area (Å²) in [6.07, 6.45) is 6.32. The molecule has 0 heterocycles. The molecule has 1 radical (unpaired) electrons. The largest absolute Gasteiger partial charge is 0.496 e. The van der Waals surface area contributed by atoms with E-state index in [4.69, 9.17) is 4.74 Å². The van der Waals surface area contributed by atoms with Crippen LogP contribution in [0, 0.1) is 6.07 Å². The maximum absolute atomic E-state index is 5.27. The van der Waals surface area contributed by atoms with E-state index in [1.807, 2.05) is 12.1 Å². The molecular formula is C13H19O. The molecule has 0 saturated carbocycles. The van der Waals surface area contributed by atoms with Gasteiger partial charge >= 0.3 is 0 Å². The van der Waals surface area contributed by atoms with Gasteiger partial charge in [-0.3, -0.25) is 0 Å². The standard InChI is InChI=1S/C13H19O/c1-3-4-5-6-9-12-10-7-8-11-13(12)14-2/h7,10-11H,3-6,9H2,1-2H3. The van der Waals surface area contributed by atoms with E-state index in [0.717, 1.165) is 12.2 Å². The Bertz CT molecular complexity index is 255. The second kappa shape index (κ2) is 6.47. The van der Waals surface area contributed by atoms with Crippen LogP contribution >= 0.6 is 0 Å². The monoisotopic (exact) mass is 191 g/mol. The molecule has 0 aliphatic rings. The minimum atomic E-state index is 0.976. The Balaban J connectivity index is 2.41. The van der Waals surface area contributed by atoms with Gasteiger partial charge in [0.05, 0.1) is 7.11 Å². The number of aryl methyl sites for hydroxylation is 1. The molecule has 77 valence electrons. The van der Waals surface area contributed by atoms with E-state index in [1.54, 1.807) is 7.11 Å². The van der Waals surface area contributed by atoms with Crippen LogP contribution in [0.1, 0.15) is 38.2 Å². The Morgan fingerprint density at radius 3 is 2.86 bits per heavy atom. The van der Waals surface area contributed by atoms with Crippen molar-refractivity contribution < 1.29 is 4.74 Å². The predicted octanol–water partition coefficient (Wildman–Crippen LogP) is 3.62. The first kappa shape index (κ1) is 11.1. The molecule has 1 aromatic carbocycles. The van der Waals surface area contributed by atoms with Crippen molar-refractivity contribution in [3.63, 3.8) is 0 Å². The lowest BCUT2D eigenvalue weighted by Gasteiger charge is -2.07. The van der Waals surface area contributed by atoms with Crippen LogP contribution in [-0.2, 0) is 6.42 Å². The Kier molecular flexibility index (Phi) is 5.13. The Morgan fingerprint density at radius 2 is 2.14 bits per heavy atom. The summed E-state index contributed by atoms with van der Waals surface area (Å²) in [5, 5.41) is 0. The maximum atomic E-state index is 5.27. The van der Waals surface area contributed by atoms with E-state index in [-0.39, 0.29) is 0 Å². The number of benzene rings is 1. The number of hydrogen-bond acceptors (Lipinski definition) is 1. The lowest BCUT2D eigenvalue weighted by molar-refractivity contribution is 0.408. The molecular weight excluding hydrogens is 172 g/mol. The minimum absolute atomic E-state index is 0.976. The van der Waals surface area contributed by atoms with Gasteiger partial charge in [-0.2, -0.15) is 0 Å². The van der Waals surface area contributed by atoms with Gasteiger partial charge in [0.25, 0.3) is 0 Å². The van der Waals surface area contributed by atoms with E-state index in [9.17, 15) is 0 Å². The summed E-state index contributed by atoms with van der Waals surface area (Å²) in [6, 6.07) is 9.00. The number of unbranched alkanes of at least 4 members (excludes halogenated alkanes) is 3. The van der Waals surface area contributed by atoms with Crippen molar-refractivity contribution in [1.29, 1.82) is 0 Å². The maximum Gasteiger partial charge on any atom is 0.122 e. The first-order chi connectivity index (χ1) is 6.88. The van der Waals surface area contributed by atoms with Gasteiger partial charge in [0.1, 0.15) is 5.75 Å². The van der Waals surface area contributed by atoms with Crippen molar-refractivity contribution >= 4 is 0 Å². The number of hydrogen-bond donors (Lipinski definition) is 0. The van der Waals surface area contributed by atoms with Crippen molar-refractivity contribution in [3.8, 4) is 5.75 Å². The predicted molar refractivity (Wildman–Crippen MR) is 59.7 cm³/mol. The second-order valence-electron chi connectivity index (χ2n) is 3.55. The highest BCUT2D eigenvalue weighted by Gasteiger charge is 2.00. The van der Waals surface area contributed by atoms with Crippen molar-refractivity contribution in [2.24, 2.45) is 0 Å². The molecule has 0 aromatic heterocycles. The van der Waals surface area contributed by atoms with Crippen LogP contribution in [0.2, 0.25) is 0 Å². The highest BCUT2D eigenvalue weighted by atomic mass is 16.5. The number of methoxy groups -OCH3 is 1. The van der Waals surface area contributed by atoms with Crippen molar-refractivity contribution in [1.82, 2.24) is 0 Å². The topological polar surface area (TPSA) is 9.23 Å². The molecule has 0 N–H and O–H groups in total. The number of rotatable bonds is 6. The first-order valence-corrected chi connectivity index (χ1v) is 5.41. The fourth-order valence-corrected chi connectivity index (χ4v) is 1.59. The summed E-state index contributed by atoms with van der Waals surface area (Å²) in [5.74, 6) is 0.976. The third-order valence-electron chi connectivity index (χ3n) is 2.43. The smallest absolute Gasteiger partial charge is 0.122 e. The van der Waals surface area contributed by atoms with Crippen LogP contribution in [0.15, 0.2) is 18.2 Å². The van der Waals surface area contributed by atoms with Crippen LogP contribution in [-0.4, -0.2) is 7.11 Å². The third kappa shape index (κ3) is 3.41. The summed E-state index contributed by atoms with van der Waals surface area (Å²) in [4.78, 5) is 0. The molecule has 0 saturated heterocycles. The van der Waals surface area contributed by atoms with Crippen LogP contribution in [0.3, 0.4) is 0 Å². The molecule has 0 atom stereocenters. The van der Waals surface area contributed by atoms with E-state index < -0.39 is 0 Å². The molecule has 0 fully saturated rings. The zero-order valence-corrected chi connectivity index (χ0v) is 9.18. The number of ether oxygens (including phenoxy) is 1. The zero-order valence-electron chi connectivity index (χ0n) is 9.18. The van der Waals surface area contributed by atoms with E-state index >= 15 is 0 Å². The van der Waals surface area contributed by atoms with Gasteiger partial charge in [-0.05, 0) is 30.5 Å². The summed E-state index contributed by atoms with van der Waals surface area (Å²) in [5.41, 5.74) is 1.31. The lowest BCUT2D eigenvalue weighted by Crippen LogP contribution is -1.92. The van der Waals surface area contributed by atoms with Crippen LogP contribution in [0.4, 0.5) is 0 Å². The molecule has 1 nitrogen and oxygen atoms in total. The van der Waals surface area contributed by atoms with Gasteiger partial charge in [-0.1, -0.05) is 38.3 Å². The molecule has 0 unspecified atom stereocenters. The van der Waals surface area contributed by atoms with E-state index in [1.165, 1.54) is 31.2 Å². The lowest BCUT2D eigenvalue weighted by atomic mass is 10.1. The van der Waals surface area contributed by atoms with Gasteiger partial charge in [0, 0.05) is 0 Å². The zero-order chi connectivity index (χ0) is 10.2. The molecule has 1 heteroatoms. The Morgan fingerprint density at radius 1 is 1.29 bits per heavy atom. The molecule has 1 rings (SSSR count). The third-order valence-corrected chi connectivity index (χ3v) is 2.43. The Labute approximate surface area is 87.1 Å². The normalized spacial score (nSPS) is 10.1. The molecule has 0 amide bonds. The van der Waals surface area contributed by atoms with E-state index in [2.05, 4.69) is 19.1 Å². The minimum Gasteiger partial charge on any atom is -0.496 e. The molecule has 14 heavy (non-hydrogen) atoms. The van der Waals surface area contributed by atoms with Gasteiger partial charge < -0.3 is 4.74 Å². The van der Waals surface area contributed by atoms with Crippen LogP contribution in [0.25, 0.3) is 0 Å². The van der Waals surface area contributed by atoms with Gasteiger partial charge in [0.2, 0.25) is 0 Å². The SMILES string of the molecule is CCCCCCc1cc[c]cc1OC. The summed E-state index contributed by atoms with van der Waals surface area (Å²) in [7, 11) is 1.72. The van der Waals surface area contributed by atoms with Gasteiger partial charge in [0.15, 0.2) is 0 Å². The van der Waals surface area contributed by atoms with Gasteiger partial charge in [-0.15, -0.1) is 0 Å². The van der Waals surface area contributed by atoms with Crippen LogP contribution < -0.4 is 4.74 Å². The fraction of sp³-hybridized carbons (Fsp3) is 0.538.